The van der Waals surface area contributed by atoms with E-state index in [-0.39, 0.29) is 0 Å². The predicted molar refractivity (Wildman–Crippen MR) is 61.6 cm³/mol. The van der Waals surface area contributed by atoms with Crippen molar-refractivity contribution in [3.8, 4) is 0 Å². The Balaban J connectivity index is 2.48. The van der Waals surface area contributed by atoms with E-state index in [1.54, 1.807) is 0 Å². The Morgan fingerprint density at radius 2 is 2.29 bits per heavy atom. The monoisotopic (exact) mass is 197 g/mol. The molecule has 0 radical (unpaired) electrons. The summed E-state index contributed by atoms with van der Waals surface area (Å²) in [6.45, 7) is 6.70. The number of hydrogen-bond acceptors (Lipinski definition) is 2. The lowest BCUT2D eigenvalue weighted by Crippen LogP contribution is -2.39. The highest BCUT2D eigenvalue weighted by Gasteiger charge is 2.23. The van der Waals surface area contributed by atoms with Gasteiger partial charge in [0.1, 0.15) is 0 Å². The van der Waals surface area contributed by atoms with E-state index in [2.05, 4.69) is 30.8 Å². The molecule has 0 aromatic carbocycles. The SMILES string of the molecule is CCCC(N)=NC1CCN(C)CC1C. The summed E-state index contributed by atoms with van der Waals surface area (Å²) < 4.78 is 0. The van der Waals surface area contributed by atoms with Gasteiger partial charge in [0.2, 0.25) is 0 Å². The third-order valence-corrected chi connectivity index (χ3v) is 2.90. The van der Waals surface area contributed by atoms with Gasteiger partial charge in [-0.3, -0.25) is 4.99 Å². The molecule has 82 valence electrons. The van der Waals surface area contributed by atoms with Gasteiger partial charge in [-0.1, -0.05) is 13.8 Å². The second kappa shape index (κ2) is 5.35. The van der Waals surface area contributed by atoms with E-state index < -0.39 is 0 Å². The number of nitrogens with two attached hydrogens (primary N) is 1. The van der Waals surface area contributed by atoms with Gasteiger partial charge in [0.25, 0.3) is 0 Å². The standard InChI is InChI=1S/C11H23N3/c1-4-5-11(12)13-10-6-7-14(3)8-9(10)2/h9-10H,4-8H2,1-3H3,(H2,12,13). The quantitative estimate of drug-likeness (QED) is 0.550. The first kappa shape index (κ1) is 11.5. The van der Waals surface area contributed by atoms with E-state index in [1.807, 2.05) is 0 Å². The molecular weight excluding hydrogens is 174 g/mol. The summed E-state index contributed by atoms with van der Waals surface area (Å²) in [5, 5.41) is 0. The lowest BCUT2D eigenvalue weighted by Gasteiger charge is -2.32. The topological polar surface area (TPSA) is 41.6 Å². The van der Waals surface area contributed by atoms with E-state index in [0.717, 1.165) is 38.2 Å². The molecule has 14 heavy (non-hydrogen) atoms. The number of rotatable bonds is 3. The van der Waals surface area contributed by atoms with E-state index in [0.29, 0.717) is 12.0 Å². The molecule has 2 unspecified atom stereocenters. The highest BCUT2D eigenvalue weighted by atomic mass is 15.1. The van der Waals surface area contributed by atoms with Crippen molar-refractivity contribution in [2.45, 2.75) is 39.2 Å². The van der Waals surface area contributed by atoms with Crippen LogP contribution in [0.15, 0.2) is 4.99 Å². The van der Waals surface area contributed by atoms with Crippen molar-refractivity contribution < 1.29 is 0 Å². The minimum Gasteiger partial charge on any atom is -0.387 e. The molecule has 2 atom stereocenters. The average molecular weight is 197 g/mol. The molecule has 1 aliphatic rings. The number of hydrogen-bond donors (Lipinski definition) is 1. The molecule has 2 N–H and O–H groups in total. The van der Waals surface area contributed by atoms with Gasteiger partial charge in [-0.15, -0.1) is 0 Å². The van der Waals surface area contributed by atoms with Gasteiger partial charge < -0.3 is 10.6 Å². The van der Waals surface area contributed by atoms with Crippen LogP contribution in [0.4, 0.5) is 0 Å². The Kier molecular flexibility index (Phi) is 4.39. The number of amidine groups is 1. The van der Waals surface area contributed by atoms with Crippen molar-refractivity contribution in [2.75, 3.05) is 20.1 Å². The minimum atomic E-state index is 0.456. The Morgan fingerprint density at radius 1 is 1.57 bits per heavy atom. The van der Waals surface area contributed by atoms with Gasteiger partial charge >= 0.3 is 0 Å². The van der Waals surface area contributed by atoms with E-state index in [4.69, 9.17) is 5.73 Å². The van der Waals surface area contributed by atoms with Crippen molar-refractivity contribution >= 4 is 5.84 Å². The maximum Gasteiger partial charge on any atom is 0.0940 e. The van der Waals surface area contributed by atoms with E-state index >= 15 is 0 Å². The molecule has 0 spiro atoms. The fourth-order valence-corrected chi connectivity index (χ4v) is 2.07. The molecule has 0 amide bonds. The molecule has 1 rings (SSSR count). The van der Waals surface area contributed by atoms with Gasteiger partial charge in [0, 0.05) is 13.0 Å². The Hall–Kier alpha value is -0.570. The van der Waals surface area contributed by atoms with Gasteiger partial charge in [-0.25, -0.2) is 0 Å². The van der Waals surface area contributed by atoms with Crippen LogP contribution in [0.2, 0.25) is 0 Å². The Morgan fingerprint density at radius 3 is 2.86 bits per heavy atom. The van der Waals surface area contributed by atoms with Gasteiger partial charge in [0.15, 0.2) is 0 Å². The van der Waals surface area contributed by atoms with Crippen LogP contribution in [-0.2, 0) is 0 Å². The highest BCUT2D eigenvalue weighted by Crippen LogP contribution is 2.18. The first-order valence-electron chi connectivity index (χ1n) is 5.64. The molecule has 0 bridgehead atoms. The number of aliphatic imine (C=N–C) groups is 1. The molecule has 3 heteroatoms. The van der Waals surface area contributed by atoms with Crippen LogP contribution in [0.3, 0.4) is 0 Å². The zero-order valence-corrected chi connectivity index (χ0v) is 9.66. The molecule has 1 saturated heterocycles. The van der Waals surface area contributed by atoms with Crippen LogP contribution >= 0.6 is 0 Å². The maximum absolute atomic E-state index is 5.85. The molecule has 1 heterocycles. The molecule has 3 nitrogen and oxygen atoms in total. The summed E-state index contributed by atoms with van der Waals surface area (Å²) in [7, 11) is 2.17. The van der Waals surface area contributed by atoms with E-state index in [9.17, 15) is 0 Å². The minimum absolute atomic E-state index is 0.456. The van der Waals surface area contributed by atoms with Crippen molar-refractivity contribution in [3.63, 3.8) is 0 Å². The Labute approximate surface area is 87.4 Å². The number of piperidine rings is 1. The largest absolute Gasteiger partial charge is 0.387 e. The summed E-state index contributed by atoms with van der Waals surface area (Å²) in [5.41, 5.74) is 5.85. The van der Waals surface area contributed by atoms with Crippen molar-refractivity contribution in [2.24, 2.45) is 16.6 Å². The van der Waals surface area contributed by atoms with E-state index in [1.165, 1.54) is 0 Å². The summed E-state index contributed by atoms with van der Waals surface area (Å²) in [4.78, 5) is 6.98. The van der Waals surface area contributed by atoms with Crippen LogP contribution in [-0.4, -0.2) is 36.9 Å². The predicted octanol–water partition coefficient (Wildman–Crippen LogP) is 1.48. The maximum atomic E-state index is 5.85. The normalized spacial score (nSPS) is 30.6. The summed E-state index contributed by atoms with van der Waals surface area (Å²) in [6, 6.07) is 0.456. The van der Waals surface area contributed by atoms with Crippen LogP contribution < -0.4 is 5.73 Å². The summed E-state index contributed by atoms with van der Waals surface area (Å²) in [5.74, 6) is 1.48. The first-order chi connectivity index (χ1) is 6.63. The van der Waals surface area contributed by atoms with Crippen LogP contribution in [0.1, 0.15) is 33.1 Å². The van der Waals surface area contributed by atoms with Crippen molar-refractivity contribution in [3.05, 3.63) is 0 Å². The number of nitrogens with zero attached hydrogens (tertiary/aromatic N) is 2. The van der Waals surface area contributed by atoms with Crippen LogP contribution in [0, 0.1) is 5.92 Å². The third kappa shape index (κ3) is 3.29. The second-order valence-electron chi connectivity index (χ2n) is 4.47. The molecular formula is C11H23N3. The molecule has 0 aromatic heterocycles. The molecule has 0 aromatic rings. The average Bonchev–Trinajstić information content (AvgIpc) is 2.10. The fraction of sp³-hybridized carbons (Fsp3) is 0.909. The molecule has 1 aliphatic heterocycles. The van der Waals surface area contributed by atoms with Gasteiger partial charge in [-0.05, 0) is 32.4 Å². The number of likely N-dealkylation sites (tertiary alicyclic amines) is 1. The second-order valence-corrected chi connectivity index (χ2v) is 4.47. The van der Waals surface area contributed by atoms with Crippen molar-refractivity contribution in [1.29, 1.82) is 0 Å². The van der Waals surface area contributed by atoms with Crippen LogP contribution in [0.5, 0.6) is 0 Å². The van der Waals surface area contributed by atoms with Gasteiger partial charge in [0.05, 0.1) is 11.9 Å². The van der Waals surface area contributed by atoms with Crippen molar-refractivity contribution in [1.82, 2.24) is 4.90 Å². The highest BCUT2D eigenvalue weighted by molar-refractivity contribution is 5.80. The fourth-order valence-electron chi connectivity index (χ4n) is 2.07. The van der Waals surface area contributed by atoms with Gasteiger partial charge in [-0.2, -0.15) is 0 Å². The summed E-state index contributed by atoms with van der Waals surface area (Å²) >= 11 is 0. The molecule has 0 aliphatic carbocycles. The zero-order valence-electron chi connectivity index (χ0n) is 9.66. The zero-order chi connectivity index (χ0) is 10.6. The first-order valence-corrected chi connectivity index (χ1v) is 5.64. The third-order valence-electron chi connectivity index (χ3n) is 2.90. The molecule has 0 saturated carbocycles. The molecule has 1 fully saturated rings. The Bertz CT molecular complexity index is 201. The lowest BCUT2D eigenvalue weighted by molar-refractivity contribution is 0.198. The smallest absolute Gasteiger partial charge is 0.0940 e. The lowest BCUT2D eigenvalue weighted by atomic mass is 9.95. The van der Waals surface area contributed by atoms with Crippen LogP contribution in [0.25, 0.3) is 0 Å². The summed E-state index contributed by atoms with van der Waals surface area (Å²) in [6.07, 6.45) is 3.19.